The van der Waals surface area contributed by atoms with Gasteiger partial charge in [-0.1, -0.05) is 41.7 Å². The first-order valence-corrected chi connectivity index (χ1v) is 13.3. The number of benzene rings is 2. The molecule has 1 unspecified atom stereocenters. The van der Waals surface area contributed by atoms with E-state index in [9.17, 15) is 4.79 Å². The van der Waals surface area contributed by atoms with Crippen molar-refractivity contribution < 1.29 is 19.4 Å². The highest BCUT2D eigenvalue weighted by Crippen LogP contribution is 2.41. The number of fused-ring (bicyclic) bond motifs is 1. The molecule has 11 heteroatoms. The summed E-state index contributed by atoms with van der Waals surface area (Å²) in [5, 5.41) is 10.5. The van der Waals surface area contributed by atoms with Crippen LogP contribution < -0.4 is 9.47 Å². The van der Waals surface area contributed by atoms with Crippen LogP contribution in [0.4, 0.5) is 0 Å². The Morgan fingerprint density at radius 1 is 1.13 bits per heavy atom. The van der Waals surface area contributed by atoms with E-state index in [0.717, 1.165) is 18.4 Å². The summed E-state index contributed by atoms with van der Waals surface area (Å²) in [5.74, 6) is 0.163. The minimum atomic E-state index is -0.857. The summed E-state index contributed by atoms with van der Waals surface area (Å²) in [6.45, 7) is 4.32. The van der Waals surface area contributed by atoms with Crippen molar-refractivity contribution in [3.63, 3.8) is 0 Å². The quantitative estimate of drug-likeness (QED) is 0.219. The summed E-state index contributed by atoms with van der Waals surface area (Å²) < 4.78 is 13.9. The molecule has 198 valence electrons. The van der Waals surface area contributed by atoms with E-state index in [1.807, 2.05) is 29.7 Å². The molecule has 1 fully saturated rings. The molecule has 1 saturated carbocycles. The van der Waals surface area contributed by atoms with Gasteiger partial charge in [-0.25, -0.2) is 9.97 Å². The standard InChI is InChI=1S/C27H25Cl3N4O4/c1-15(26(35)36)5-8-37-19-3-4-20(21(30)12-19)23-33-22-24(31-14-32-25(22)38-27(2)6-7-27)34(23)13-16-9-17(28)11-18(29)10-16/h3-4,9-12,14-15H,5-8,13H2,1-2H3,(H,35,36). The summed E-state index contributed by atoms with van der Waals surface area (Å²) in [4.78, 5) is 24.8. The first kappa shape index (κ1) is 26.5. The number of hydrogen-bond donors (Lipinski definition) is 1. The highest BCUT2D eigenvalue weighted by Gasteiger charge is 2.41. The van der Waals surface area contributed by atoms with Gasteiger partial charge in [0.15, 0.2) is 11.2 Å². The van der Waals surface area contributed by atoms with Gasteiger partial charge in [0.1, 0.15) is 23.5 Å². The molecule has 8 nitrogen and oxygen atoms in total. The maximum atomic E-state index is 11.1. The Balaban J connectivity index is 1.53. The zero-order valence-corrected chi connectivity index (χ0v) is 23.0. The third-order valence-corrected chi connectivity index (χ3v) is 7.23. The Morgan fingerprint density at radius 2 is 1.87 bits per heavy atom. The number of rotatable bonds is 10. The molecule has 1 N–H and O–H groups in total. The van der Waals surface area contributed by atoms with Crippen molar-refractivity contribution >= 4 is 51.9 Å². The van der Waals surface area contributed by atoms with Crippen LogP contribution in [-0.4, -0.2) is 42.8 Å². The average Bonchev–Trinajstić information content (AvgIpc) is 3.46. The van der Waals surface area contributed by atoms with E-state index in [2.05, 4.69) is 9.97 Å². The SMILES string of the molecule is CC(CCOc1ccc(-c2nc3c(OC4(C)CC4)ncnc3n2Cc2cc(Cl)cc(Cl)c2)c(Cl)c1)C(=O)O. The van der Waals surface area contributed by atoms with E-state index in [0.29, 0.717) is 62.2 Å². The van der Waals surface area contributed by atoms with Gasteiger partial charge in [0, 0.05) is 15.6 Å². The van der Waals surface area contributed by atoms with Crippen LogP contribution in [0.3, 0.4) is 0 Å². The molecule has 1 aliphatic carbocycles. The van der Waals surface area contributed by atoms with Crippen LogP contribution in [0.25, 0.3) is 22.6 Å². The Labute approximate surface area is 234 Å². The van der Waals surface area contributed by atoms with Gasteiger partial charge in [0.25, 0.3) is 0 Å². The minimum Gasteiger partial charge on any atom is -0.494 e. The zero-order valence-electron chi connectivity index (χ0n) is 20.7. The van der Waals surface area contributed by atoms with Crippen LogP contribution in [-0.2, 0) is 11.3 Å². The fourth-order valence-corrected chi connectivity index (χ4v) is 4.81. The van der Waals surface area contributed by atoms with E-state index in [4.69, 9.17) is 54.4 Å². The molecule has 2 aromatic carbocycles. The maximum Gasteiger partial charge on any atom is 0.306 e. The van der Waals surface area contributed by atoms with Crippen molar-refractivity contribution in [2.24, 2.45) is 5.92 Å². The molecule has 0 spiro atoms. The molecule has 5 rings (SSSR count). The van der Waals surface area contributed by atoms with Crippen molar-refractivity contribution in [3.8, 4) is 23.0 Å². The molecule has 0 radical (unpaired) electrons. The Hall–Kier alpha value is -3.07. The van der Waals surface area contributed by atoms with E-state index in [-0.39, 0.29) is 12.2 Å². The van der Waals surface area contributed by atoms with Crippen molar-refractivity contribution in [3.05, 3.63) is 63.4 Å². The number of halogens is 3. The van der Waals surface area contributed by atoms with E-state index >= 15 is 0 Å². The molecule has 2 heterocycles. The molecule has 2 aromatic heterocycles. The Morgan fingerprint density at radius 3 is 2.53 bits per heavy atom. The van der Waals surface area contributed by atoms with Crippen LogP contribution in [0.15, 0.2) is 42.7 Å². The topological polar surface area (TPSA) is 99.4 Å². The number of ether oxygens (including phenoxy) is 2. The number of aromatic nitrogens is 4. The number of imidazole rings is 1. The predicted molar refractivity (Wildman–Crippen MR) is 147 cm³/mol. The largest absolute Gasteiger partial charge is 0.494 e. The lowest BCUT2D eigenvalue weighted by atomic mass is 10.1. The van der Waals surface area contributed by atoms with Gasteiger partial charge in [0.2, 0.25) is 5.88 Å². The lowest BCUT2D eigenvalue weighted by molar-refractivity contribution is -0.141. The summed E-state index contributed by atoms with van der Waals surface area (Å²) in [6.07, 6.45) is 3.75. The van der Waals surface area contributed by atoms with Crippen molar-refractivity contribution in [1.29, 1.82) is 0 Å². The van der Waals surface area contributed by atoms with Gasteiger partial charge in [-0.3, -0.25) is 4.79 Å². The third kappa shape index (κ3) is 5.82. The molecule has 0 saturated heterocycles. The second kappa shape index (κ2) is 10.6. The van der Waals surface area contributed by atoms with Crippen LogP contribution >= 0.6 is 34.8 Å². The predicted octanol–water partition coefficient (Wildman–Crippen LogP) is 6.92. The lowest BCUT2D eigenvalue weighted by Gasteiger charge is -2.13. The lowest BCUT2D eigenvalue weighted by Crippen LogP contribution is -2.13. The number of aliphatic carboxylic acids is 1. The van der Waals surface area contributed by atoms with Crippen molar-refractivity contribution in [2.45, 2.75) is 45.3 Å². The first-order valence-electron chi connectivity index (χ1n) is 12.1. The minimum absolute atomic E-state index is 0.250. The first-order chi connectivity index (χ1) is 18.1. The average molecular weight is 576 g/mol. The van der Waals surface area contributed by atoms with Gasteiger partial charge in [-0.05, 0) is 68.1 Å². The van der Waals surface area contributed by atoms with Gasteiger partial charge in [-0.15, -0.1) is 0 Å². The molecule has 4 aromatic rings. The second-order valence-electron chi connectivity index (χ2n) is 9.72. The van der Waals surface area contributed by atoms with Gasteiger partial charge in [0.05, 0.1) is 24.1 Å². The summed E-state index contributed by atoms with van der Waals surface area (Å²) in [7, 11) is 0. The number of carboxylic acid groups (broad SMARTS) is 1. The van der Waals surface area contributed by atoms with Gasteiger partial charge in [-0.2, -0.15) is 4.98 Å². The Kier molecular flexibility index (Phi) is 7.40. The normalized spacial score (nSPS) is 14.9. The number of hydrogen-bond acceptors (Lipinski definition) is 6. The molecule has 1 atom stereocenters. The monoisotopic (exact) mass is 574 g/mol. The second-order valence-corrected chi connectivity index (χ2v) is 11.0. The van der Waals surface area contributed by atoms with Crippen molar-refractivity contribution in [2.75, 3.05) is 6.61 Å². The number of carboxylic acids is 1. The van der Waals surface area contributed by atoms with Crippen LogP contribution in [0, 0.1) is 5.92 Å². The molecule has 1 aliphatic rings. The van der Waals surface area contributed by atoms with Crippen LogP contribution in [0.5, 0.6) is 11.6 Å². The molecular weight excluding hydrogens is 551 g/mol. The fraction of sp³-hybridized carbons (Fsp3) is 0.333. The zero-order chi connectivity index (χ0) is 27.0. The van der Waals surface area contributed by atoms with E-state index < -0.39 is 11.9 Å². The molecule has 38 heavy (non-hydrogen) atoms. The van der Waals surface area contributed by atoms with Gasteiger partial charge >= 0.3 is 5.97 Å². The van der Waals surface area contributed by atoms with Crippen molar-refractivity contribution in [1.82, 2.24) is 19.5 Å². The van der Waals surface area contributed by atoms with E-state index in [1.54, 1.807) is 25.1 Å². The number of carbonyl (C=O) groups is 1. The third-order valence-electron chi connectivity index (χ3n) is 6.48. The summed E-state index contributed by atoms with van der Waals surface area (Å²) in [5.41, 5.74) is 2.39. The maximum absolute atomic E-state index is 11.1. The molecular formula is C27H25Cl3N4O4. The number of nitrogens with zero attached hydrogens (tertiary/aromatic N) is 4. The highest BCUT2D eigenvalue weighted by molar-refractivity contribution is 6.34. The van der Waals surface area contributed by atoms with Gasteiger partial charge < -0.3 is 19.1 Å². The summed E-state index contributed by atoms with van der Waals surface area (Å²) >= 11 is 19.3. The molecule has 0 bridgehead atoms. The summed E-state index contributed by atoms with van der Waals surface area (Å²) in [6, 6.07) is 10.6. The smallest absolute Gasteiger partial charge is 0.306 e. The van der Waals surface area contributed by atoms with E-state index in [1.165, 1.54) is 6.33 Å². The Bertz CT molecular complexity index is 1500. The van der Waals surface area contributed by atoms with Crippen LogP contribution in [0.2, 0.25) is 15.1 Å². The molecule has 0 amide bonds. The molecule has 0 aliphatic heterocycles. The van der Waals surface area contributed by atoms with Crippen LogP contribution in [0.1, 0.15) is 38.7 Å². The fourth-order valence-electron chi connectivity index (χ4n) is 3.99. The highest BCUT2D eigenvalue weighted by atomic mass is 35.5.